The van der Waals surface area contributed by atoms with Gasteiger partial charge in [-0.15, -0.1) is 0 Å². The zero-order valence-corrected chi connectivity index (χ0v) is 22.8. The minimum atomic E-state index is -5.01. The standard InChI is InChI=1S/C27H36F6N4O3/c1-15(2)25(6-4-17(11-25)34-20-5-7-40-14-21(20)39-3)24(38)37-13-18-10-19(37)12-36(18)23-9-16(26(28,29)30)8-22(35-23)27(31,32)33/h8-9,15,17-21,34H,4-7,10-14H2,1-3H3/t17-,18+,19+,20+,21-,25+/m1/s1. The number of methoxy groups -OCH3 is 1. The average molecular weight is 579 g/mol. The van der Waals surface area contributed by atoms with Gasteiger partial charge in [0.25, 0.3) is 0 Å². The van der Waals surface area contributed by atoms with E-state index in [1.54, 1.807) is 7.11 Å². The molecule has 4 aliphatic rings. The van der Waals surface area contributed by atoms with Crippen LogP contribution in [-0.2, 0) is 26.6 Å². The molecule has 4 heterocycles. The second kappa shape index (κ2) is 10.6. The van der Waals surface area contributed by atoms with Crippen LogP contribution in [0.15, 0.2) is 12.1 Å². The number of carbonyl (C=O) groups excluding carboxylic acids is 1. The number of hydrogen-bond acceptors (Lipinski definition) is 6. The molecule has 40 heavy (non-hydrogen) atoms. The number of nitrogens with zero attached hydrogens (tertiary/aromatic N) is 3. The predicted octanol–water partition coefficient (Wildman–Crippen LogP) is 4.50. The molecule has 3 aliphatic heterocycles. The molecule has 1 amide bonds. The Morgan fingerprint density at radius 2 is 1.88 bits per heavy atom. The molecular weight excluding hydrogens is 542 g/mol. The zero-order chi connectivity index (χ0) is 29.0. The van der Waals surface area contributed by atoms with Gasteiger partial charge in [0.2, 0.25) is 5.91 Å². The highest BCUT2D eigenvalue weighted by molar-refractivity contribution is 5.84. The van der Waals surface area contributed by atoms with E-state index in [0.717, 1.165) is 12.8 Å². The van der Waals surface area contributed by atoms with E-state index in [1.807, 2.05) is 18.7 Å². The zero-order valence-electron chi connectivity index (χ0n) is 22.8. The molecule has 1 aliphatic carbocycles. The molecule has 0 unspecified atom stereocenters. The molecule has 2 bridgehead atoms. The quantitative estimate of drug-likeness (QED) is 0.502. The highest BCUT2D eigenvalue weighted by Gasteiger charge is 2.55. The summed E-state index contributed by atoms with van der Waals surface area (Å²) in [6.07, 6.45) is -6.49. The number of fused-ring (bicyclic) bond motifs is 2. The first-order valence-electron chi connectivity index (χ1n) is 13.8. The van der Waals surface area contributed by atoms with Crippen molar-refractivity contribution >= 4 is 11.7 Å². The third-order valence-corrected chi connectivity index (χ3v) is 9.36. The number of ether oxygens (including phenoxy) is 2. The first-order chi connectivity index (χ1) is 18.7. The van der Waals surface area contributed by atoms with Crippen LogP contribution in [0.4, 0.5) is 32.2 Å². The van der Waals surface area contributed by atoms with Crippen LogP contribution in [0.3, 0.4) is 0 Å². The molecule has 5 rings (SSSR count). The first kappa shape index (κ1) is 29.4. The Morgan fingerprint density at radius 1 is 1.12 bits per heavy atom. The highest BCUT2D eigenvalue weighted by Crippen LogP contribution is 2.48. The van der Waals surface area contributed by atoms with Crippen molar-refractivity contribution < 1.29 is 40.6 Å². The van der Waals surface area contributed by atoms with Crippen LogP contribution in [0.5, 0.6) is 0 Å². The van der Waals surface area contributed by atoms with Crippen LogP contribution in [-0.4, -0.2) is 79.5 Å². The molecule has 0 aromatic carbocycles. The molecule has 1 aromatic heterocycles. The van der Waals surface area contributed by atoms with Crippen LogP contribution < -0.4 is 10.2 Å². The summed E-state index contributed by atoms with van der Waals surface area (Å²) >= 11 is 0. The average Bonchev–Trinajstić information content (AvgIpc) is 3.62. The van der Waals surface area contributed by atoms with Crippen molar-refractivity contribution in [2.75, 3.05) is 38.3 Å². The lowest BCUT2D eigenvalue weighted by atomic mass is 9.74. The maximum absolute atomic E-state index is 14.1. The maximum atomic E-state index is 14.1. The van der Waals surface area contributed by atoms with Gasteiger partial charge in [0.05, 0.1) is 35.8 Å². The lowest BCUT2D eigenvalue weighted by Gasteiger charge is -2.42. The number of likely N-dealkylation sites (tertiary alicyclic amines) is 1. The van der Waals surface area contributed by atoms with Gasteiger partial charge in [-0.2, -0.15) is 26.3 Å². The summed E-state index contributed by atoms with van der Waals surface area (Å²) < 4.78 is 91.4. The molecule has 224 valence electrons. The number of aromatic nitrogens is 1. The number of piperazine rings is 1. The van der Waals surface area contributed by atoms with Gasteiger partial charge in [0, 0.05) is 38.9 Å². The van der Waals surface area contributed by atoms with E-state index < -0.39 is 35.1 Å². The van der Waals surface area contributed by atoms with E-state index in [4.69, 9.17) is 9.47 Å². The first-order valence-corrected chi connectivity index (χ1v) is 13.8. The normalized spacial score (nSPS) is 32.9. The van der Waals surface area contributed by atoms with E-state index in [9.17, 15) is 31.1 Å². The van der Waals surface area contributed by atoms with Crippen molar-refractivity contribution in [3.63, 3.8) is 0 Å². The number of nitrogens with one attached hydrogen (secondary N) is 1. The fraction of sp³-hybridized carbons (Fsp3) is 0.778. The summed E-state index contributed by atoms with van der Waals surface area (Å²) in [5.41, 5.74) is -3.54. The SMILES string of the molecule is CO[C@@H]1COCC[C@@H]1N[C@@H]1CC[C@@](C(=O)N2C[C@@H]3C[C@H]2CN3c2cc(C(F)(F)F)cc(C(F)(F)F)n2)(C(C)C)C1. The topological polar surface area (TPSA) is 66.9 Å². The van der Waals surface area contributed by atoms with Crippen molar-refractivity contribution in [3.05, 3.63) is 23.4 Å². The van der Waals surface area contributed by atoms with Crippen LogP contribution in [0, 0.1) is 11.3 Å². The molecule has 3 saturated heterocycles. The molecule has 1 N–H and O–H groups in total. The van der Waals surface area contributed by atoms with Crippen LogP contribution in [0.2, 0.25) is 0 Å². The summed E-state index contributed by atoms with van der Waals surface area (Å²) in [4.78, 5) is 21.0. The van der Waals surface area contributed by atoms with E-state index in [1.165, 1.54) is 4.90 Å². The van der Waals surface area contributed by atoms with Crippen molar-refractivity contribution in [2.24, 2.45) is 11.3 Å². The van der Waals surface area contributed by atoms with Gasteiger partial charge >= 0.3 is 12.4 Å². The van der Waals surface area contributed by atoms with E-state index in [0.29, 0.717) is 38.5 Å². The molecule has 7 nitrogen and oxygen atoms in total. The fourth-order valence-electron chi connectivity index (χ4n) is 7.08. The highest BCUT2D eigenvalue weighted by atomic mass is 19.4. The smallest absolute Gasteiger partial charge is 0.379 e. The van der Waals surface area contributed by atoms with Crippen LogP contribution in [0.1, 0.15) is 57.2 Å². The predicted molar refractivity (Wildman–Crippen MR) is 134 cm³/mol. The van der Waals surface area contributed by atoms with Gasteiger partial charge < -0.3 is 24.6 Å². The molecule has 6 atom stereocenters. The Kier molecular flexibility index (Phi) is 7.80. The second-order valence-electron chi connectivity index (χ2n) is 11.9. The maximum Gasteiger partial charge on any atom is 0.433 e. The summed E-state index contributed by atoms with van der Waals surface area (Å²) in [7, 11) is 1.66. The monoisotopic (exact) mass is 578 g/mol. The van der Waals surface area contributed by atoms with E-state index in [2.05, 4.69) is 10.3 Å². The van der Waals surface area contributed by atoms with Crippen molar-refractivity contribution in [2.45, 2.75) is 88.6 Å². The Labute approximate surface area is 229 Å². The summed E-state index contributed by atoms with van der Waals surface area (Å²) in [6, 6.07) is 0.307. The minimum Gasteiger partial charge on any atom is -0.379 e. The van der Waals surface area contributed by atoms with Gasteiger partial charge in [-0.1, -0.05) is 13.8 Å². The third-order valence-electron chi connectivity index (χ3n) is 9.36. The number of hydrogen-bond donors (Lipinski definition) is 1. The number of carbonyl (C=O) groups is 1. The Balaban J connectivity index is 1.30. The molecule has 0 radical (unpaired) electrons. The Morgan fingerprint density at radius 3 is 2.48 bits per heavy atom. The van der Waals surface area contributed by atoms with Gasteiger partial charge in [0.15, 0.2) is 0 Å². The largest absolute Gasteiger partial charge is 0.433 e. The number of halogens is 6. The van der Waals surface area contributed by atoms with Gasteiger partial charge in [-0.25, -0.2) is 4.98 Å². The molecule has 0 spiro atoms. The second-order valence-corrected chi connectivity index (χ2v) is 11.9. The van der Waals surface area contributed by atoms with Gasteiger partial charge in [-0.3, -0.25) is 4.79 Å². The number of amides is 1. The number of rotatable bonds is 6. The summed E-state index contributed by atoms with van der Waals surface area (Å²) in [6.45, 7) is 5.65. The van der Waals surface area contributed by atoms with Crippen molar-refractivity contribution in [3.8, 4) is 0 Å². The molecule has 4 fully saturated rings. The molecule has 13 heteroatoms. The van der Waals surface area contributed by atoms with Crippen LogP contribution >= 0.6 is 0 Å². The summed E-state index contributed by atoms with van der Waals surface area (Å²) in [5, 5.41) is 3.70. The molecular formula is C27H36F6N4O3. The lowest BCUT2D eigenvalue weighted by Crippen LogP contribution is -2.55. The third kappa shape index (κ3) is 5.40. The Bertz CT molecular complexity index is 1070. The number of pyridine rings is 1. The van der Waals surface area contributed by atoms with Crippen molar-refractivity contribution in [1.82, 2.24) is 15.2 Å². The van der Waals surface area contributed by atoms with Crippen molar-refractivity contribution in [1.29, 1.82) is 0 Å². The van der Waals surface area contributed by atoms with Gasteiger partial charge in [0.1, 0.15) is 11.5 Å². The number of alkyl halides is 6. The molecule has 1 saturated carbocycles. The number of anilines is 1. The van der Waals surface area contributed by atoms with Crippen LogP contribution in [0.25, 0.3) is 0 Å². The Hall–Kier alpha value is -2.12. The van der Waals surface area contributed by atoms with Gasteiger partial charge in [-0.05, 0) is 50.2 Å². The minimum absolute atomic E-state index is 0.0298. The molecule has 1 aromatic rings. The fourth-order valence-corrected chi connectivity index (χ4v) is 7.08. The lowest BCUT2D eigenvalue weighted by molar-refractivity contribution is -0.146. The van der Waals surface area contributed by atoms with E-state index >= 15 is 0 Å². The van der Waals surface area contributed by atoms with E-state index in [-0.39, 0.29) is 61.0 Å². The summed E-state index contributed by atoms with van der Waals surface area (Å²) in [5.74, 6) is -0.258.